The maximum Gasteiger partial charge on any atom is 0.303 e. The Bertz CT molecular complexity index is 1260. The molecule has 0 amide bonds. The first kappa shape index (κ1) is 21.9. The van der Waals surface area contributed by atoms with Crippen LogP contribution < -0.4 is 0 Å². The van der Waals surface area contributed by atoms with Gasteiger partial charge in [-0.25, -0.2) is 4.98 Å². The molecule has 1 saturated heterocycles. The number of nitro benzene ring substituents is 1. The zero-order valence-electron chi connectivity index (χ0n) is 16.6. The van der Waals surface area contributed by atoms with E-state index in [-0.39, 0.29) is 12.1 Å². The van der Waals surface area contributed by atoms with E-state index < -0.39 is 17.1 Å². The Morgan fingerprint density at radius 2 is 2.12 bits per heavy atom. The third-order valence-electron chi connectivity index (χ3n) is 4.95. The minimum absolute atomic E-state index is 0.00615. The van der Waals surface area contributed by atoms with Crippen LogP contribution in [0.1, 0.15) is 18.5 Å². The van der Waals surface area contributed by atoms with Crippen LogP contribution >= 0.6 is 24.0 Å². The highest BCUT2D eigenvalue weighted by Crippen LogP contribution is 2.37. The van der Waals surface area contributed by atoms with Gasteiger partial charge < -0.3 is 15.1 Å². The highest BCUT2D eigenvalue weighted by atomic mass is 32.2. The van der Waals surface area contributed by atoms with Crippen molar-refractivity contribution in [3.8, 4) is 11.4 Å². The van der Waals surface area contributed by atoms with Crippen LogP contribution in [0.5, 0.6) is 0 Å². The second-order valence-electron chi connectivity index (χ2n) is 7.06. The number of non-ortho nitro benzene ring substituents is 1. The van der Waals surface area contributed by atoms with Crippen molar-refractivity contribution in [1.82, 2.24) is 14.3 Å². The first-order chi connectivity index (χ1) is 15.3. The molecule has 2 aromatic heterocycles. The Kier molecular flexibility index (Phi) is 6.21. The van der Waals surface area contributed by atoms with E-state index in [9.17, 15) is 20.0 Å². The predicted molar refractivity (Wildman–Crippen MR) is 125 cm³/mol. The quantitative estimate of drug-likeness (QED) is 0.302. The summed E-state index contributed by atoms with van der Waals surface area (Å²) < 4.78 is 2.30. The molecule has 3 aromatic rings. The molecule has 4 rings (SSSR count). The number of aliphatic hydroxyl groups excluding tert-OH is 1. The van der Waals surface area contributed by atoms with Gasteiger partial charge in [-0.1, -0.05) is 42.2 Å². The number of pyridine rings is 1. The van der Waals surface area contributed by atoms with Crippen molar-refractivity contribution in [2.45, 2.75) is 19.1 Å². The van der Waals surface area contributed by atoms with E-state index in [4.69, 9.17) is 22.3 Å². The third kappa shape index (κ3) is 4.35. The number of aromatic nitrogens is 2. The van der Waals surface area contributed by atoms with Gasteiger partial charge in [0.1, 0.15) is 10.1 Å². The molecule has 3 heterocycles. The fourth-order valence-electron chi connectivity index (χ4n) is 3.45. The van der Waals surface area contributed by atoms with Gasteiger partial charge in [0.15, 0.2) is 6.23 Å². The van der Waals surface area contributed by atoms with Gasteiger partial charge >= 0.3 is 5.97 Å². The van der Waals surface area contributed by atoms with E-state index in [1.807, 2.05) is 28.8 Å². The molecule has 1 fully saturated rings. The van der Waals surface area contributed by atoms with Crippen LogP contribution in [-0.2, 0) is 4.79 Å². The molecule has 0 spiro atoms. The normalized spacial score (nSPS) is 17.4. The summed E-state index contributed by atoms with van der Waals surface area (Å²) in [5, 5.41) is 30.7. The molecule has 32 heavy (non-hydrogen) atoms. The maximum atomic E-state index is 11.2. The van der Waals surface area contributed by atoms with Crippen LogP contribution in [0.3, 0.4) is 0 Å². The van der Waals surface area contributed by atoms with Crippen LogP contribution in [0.25, 0.3) is 23.0 Å². The van der Waals surface area contributed by atoms with E-state index in [1.165, 1.54) is 23.9 Å². The molecule has 11 heteroatoms. The summed E-state index contributed by atoms with van der Waals surface area (Å²) in [6, 6.07) is 11.8. The number of thioether (sulfide) groups is 1. The molecule has 1 aliphatic rings. The fraction of sp³-hybridized carbons (Fsp3) is 0.190. The van der Waals surface area contributed by atoms with E-state index in [0.717, 1.165) is 5.52 Å². The summed E-state index contributed by atoms with van der Waals surface area (Å²) in [7, 11) is 0. The summed E-state index contributed by atoms with van der Waals surface area (Å²) in [6.45, 7) is 0.333. The molecule has 2 N–H and O–H groups in total. The summed E-state index contributed by atoms with van der Waals surface area (Å²) in [6.07, 6.45) is 2.94. The van der Waals surface area contributed by atoms with E-state index in [2.05, 4.69) is 0 Å². The summed E-state index contributed by atoms with van der Waals surface area (Å²) in [5.74, 6) is -0.360. The molecule has 0 aliphatic carbocycles. The van der Waals surface area contributed by atoms with Crippen LogP contribution in [-0.4, -0.2) is 52.5 Å². The topological polar surface area (TPSA) is 121 Å². The molecule has 164 valence electrons. The smallest absolute Gasteiger partial charge is 0.303 e. The Balaban J connectivity index is 1.69. The van der Waals surface area contributed by atoms with Crippen molar-refractivity contribution >= 4 is 51.5 Å². The number of nitrogens with zero attached hydrogens (tertiary/aromatic N) is 4. The lowest BCUT2D eigenvalue weighted by Crippen LogP contribution is -2.33. The van der Waals surface area contributed by atoms with Crippen LogP contribution in [0.15, 0.2) is 53.6 Å². The van der Waals surface area contributed by atoms with E-state index >= 15 is 0 Å². The van der Waals surface area contributed by atoms with E-state index in [0.29, 0.717) is 39.3 Å². The Hall–Kier alpha value is -3.28. The SMILES string of the molecule is O=C(O)CCCN1C(=S)SC(=Cc2nc(-c3cccc([N+](=O)[O-])c3)n3ccccc23)C1O. The zero-order valence-corrected chi connectivity index (χ0v) is 18.3. The van der Waals surface area contributed by atoms with Crippen LogP contribution in [0, 0.1) is 10.1 Å². The average molecular weight is 471 g/mol. The number of nitro groups is 1. The van der Waals surface area contributed by atoms with Crippen LogP contribution in [0.4, 0.5) is 5.69 Å². The molecule has 0 saturated carbocycles. The first-order valence-electron chi connectivity index (χ1n) is 9.67. The molecule has 1 atom stereocenters. The molecule has 1 aliphatic heterocycles. The number of carboxylic acids is 1. The van der Waals surface area contributed by atoms with Gasteiger partial charge in [-0.2, -0.15) is 0 Å². The number of thiocarbonyl (C=S) groups is 1. The zero-order chi connectivity index (χ0) is 22.8. The van der Waals surface area contributed by atoms with E-state index in [1.54, 1.807) is 23.1 Å². The van der Waals surface area contributed by atoms with Crippen molar-refractivity contribution in [2.24, 2.45) is 0 Å². The second-order valence-corrected chi connectivity index (χ2v) is 8.77. The number of imidazole rings is 1. The molecular formula is C21H18N4O5S2. The van der Waals surface area contributed by atoms with Crippen molar-refractivity contribution in [1.29, 1.82) is 0 Å². The number of hydrogen-bond donors (Lipinski definition) is 2. The second kappa shape index (κ2) is 9.07. The highest BCUT2D eigenvalue weighted by molar-refractivity contribution is 8.25. The molecule has 1 unspecified atom stereocenters. The monoisotopic (exact) mass is 470 g/mol. The van der Waals surface area contributed by atoms with Crippen molar-refractivity contribution < 1.29 is 19.9 Å². The van der Waals surface area contributed by atoms with Crippen molar-refractivity contribution in [3.63, 3.8) is 0 Å². The Labute approximate surface area is 192 Å². The molecule has 0 radical (unpaired) electrons. The molecule has 9 nitrogen and oxygen atoms in total. The third-order valence-corrected chi connectivity index (χ3v) is 6.41. The van der Waals surface area contributed by atoms with Gasteiger partial charge in [0, 0.05) is 41.8 Å². The number of carboxylic acid groups (broad SMARTS) is 1. The molecular weight excluding hydrogens is 452 g/mol. The van der Waals surface area contributed by atoms with Gasteiger partial charge in [0.05, 0.1) is 16.1 Å². The number of hydrogen-bond acceptors (Lipinski definition) is 7. The Morgan fingerprint density at radius 3 is 2.88 bits per heavy atom. The lowest BCUT2D eigenvalue weighted by atomic mass is 10.2. The standard InChI is InChI=1S/C21H18N4O5S2/c26-18(27)8-4-10-24-20(28)17(32-21(24)31)12-15-16-7-1-2-9-23(16)19(22-15)13-5-3-6-14(11-13)25(29)30/h1-3,5-7,9,11-12,20,28H,4,8,10H2,(H,26,27). The average Bonchev–Trinajstić information content (AvgIpc) is 3.26. The number of aliphatic carboxylic acids is 1. The lowest BCUT2D eigenvalue weighted by Gasteiger charge is -2.20. The lowest BCUT2D eigenvalue weighted by molar-refractivity contribution is -0.384. The van der Waals surface area contributed by atoms with Crippen molar-refractivity contribution in [2.75, 3.05) is 6.54 Å². The predicted octanol–water partition coefficient (Wildman–Crippen LogP) is 3.77. The highest BCUT2D eigenvalue weighted by Gasteiger charge is 2.32. The molecule has 0 bridgehead atoms. The molecule has 1 aromatic carbocycles. The van der Waals surface area contributed by atoms with Crippen molar-refractivity contribution in [3.05, 3.63) is 69.4 Å². The van der Waals surface area contributed by atoms with Gasteiger partial charge in [0.2, 0.25) is 0 Å². The number of rotatable bonds is 7. The number of carbonyl (C=O) groups is 1. The van der Waals surface area contributed by atoms with Gasteiger partial charge in [-0.3, -0.25) is 19.3 Å². The number of fused-ring (bicyclic) bond motifs is 1. The summed E-state index contributed by atoms with van der Waals surface area (Å²) in [5.41, 5.74) is 1.92. The van der Waals surface area contributed by atoms with Gasteiger partial charge in [-0.05, 0) is 24.6 Å². The minimum atomic E-state index is -0.983. The van der Waals surface area contributed by atoms with Crippen LogP contribution in [0.2, 0.25) is 0 Å². The maximum absolute atomic E-state index is 11.2. The first-order valence-corrected chi connectivity index (χ1v) is 10.9. The minimum Gasteiger partial charge on any atom is -0.481 e. The van der Waals surface area contributed by atoms with Gasteiger partial charge in [-0.15, -0.1) is 0 Å². The number of benzene rings is 1. The largest absolute Gasteiger partial charge is 0.481 e. The fourth-order valence-corrected chi connectivity index (χ4v) is 4.84. The summed E-state index contributed by atoms with van der Waals surface area (Å²) in [4.78, 5) is 28.4. The number of aliphatic hydroxyl groups is 1. The van der Waals surface area contributed by atoms with Gasteiger partial charge in [0.25, 0.3) is 5.69 Å². The Morgan fingerprint density at radius 1 is 1.31 bits per heavy atom. The summed E-state index contributed by atoms with van der Waals surface area (Å²) >= 11 is 6.60.